The summed E-state index contributed by atoms with van der Waals surface area (Å²) in [6.45, 7) is 4.34. The largest absolute Gasteiger partial charge is 0.479 e. The number of hydrogen-bond acceptors (Lipinski definition) is 5. The Morgan fingerprint density at radius 2 is 1.92 bits per heavy atom. The first kappa shape index (κ1) is 16.7. The lowest BCUT2D eigenvalue weighted by atomic mass is 10.2. The number of piperazine rings is 1. The number of nitrogens with one attached hydrogen (secondary N) is 1. The van der Waals surface area contributed by atoms with Gasteiger partial charge in [-0.1, -0.05) is 0 Å². The molecule has 1 aromatic carbocycles. The first-order valence-electron chi connectivity index (χ1n) is 7.66. The van der Waals surface area contributed by atoms with Crippen LogP contribution in [0.2, 0.25) is 0 Å². The van der Waals surface area contributed by atoms with E-state index in [0.29, 0.717) is 24.5 Å². The monoisotopic (exact) mass is 353 g/mol. The van der Waals surface area contributed by atoms with Gasteiger partial charge in [0.2, 0.25) is 15.9 Å². The topological polar surface area (TPSA) is 96.0 Å². The number of fused-ring (bicyclic) bond motifs is 1. The smallest absolute Gasteiger partial charge is 0.265 e. The van der Waals surface area contributed by atoms with Gasteiger partial charge in [0, 0.05) is 39.2 Å². The highest BCUT2D eigenvalue weighted by molar-refractivity contribution is 7.89. The lowest BCUT2D eigenvalue weighted by Gasteiger charge is -2.33. The summed E-state index contributed by atoms with van der Waals surface area (Å²) in [5.74, 6) is 0.0166. The molecule has 2 aliphatic heterocycles. The van der Waals surface area contributed by atoms with Crippen molar-refractivity contribution in [3.05, 3.63) is 18.2 Å². The highest BCUT2D eigenvalue weighted by Gasteiger charge is 2.31. The third kappa shape index (κ3) is 2.96. The zero-order valence-electron chi connectivity index (χ0n) is 13.5. The van der Waals surface area contributed by atoms with Gasteiger partial charge < -0.3 is 15.0 Å². The van der Waals surface area contributed by atoms with Gasteiger partial charge in [0.1, 0.15) is 5.75 Å². The number of carbonyl (C=O) groups is 2. The molecule has 1 fully saturated rings. The molecule has 0 radical (unpaired) electrons. The van der Waals surface area contributed by atoms with Crippen LogP contribution in [0.5, 0.6) is 5.75 Å². The van der Waals surface area contributed by atoms with Crippen molar-refractivity contribution in [2.45, 2.75) is 24.8 Å². The van der Waals surface area contributed by atoms with E-state index < -0.39 is 16.1 Å². The van der Waals surface area contributed by atoms with E-state index in [1.54, 1.807) is 11.8 Å². The lowest BCUT2D eigenvalue weighted by Crippen LogP contribution is -2.49. The summed E-state index contributed by atoms with van der Waals surface area (Å²) >= 11 is 0. The Morgan fingerprint density at radius 3 is 2.54 bits per heavy atom. The quantitative estimate of drug-likeness (QED) is 0.823. The van der Waals surface area contributed by atoms with Crippen molar-refractivity contribution in [1.82, 2.24) is 9.21 Å². The number of anilines is 1. The molecule has 0 aromatic heterocycles. The minimum Gasteiger partial charge on any atom is -0.479 e. The number of hydrogen-bond donors (Lipinski definition) is 1. The van der Waals surface area contributed by atoms with Crippen molar-refractivity contribution in [2.24, 2.45) is 0 Å². The number of rotatable bonds is 2. The maximum Gasteiger partial charge on any atom is 0.265 e. The molecule has 2 heterocycles. The van der Waals surface area contributed by atoms with Crippen molar-refractivity contribution >= 4 is 27.5 Å². The number of benzene rings is 1. The average Bonchev–Trinajstić information content (AvgIpc) is 2.55. The van der Waals surface area contributed by atoms with E-state index in [1.807, 2.05) is 0 Å². The molecule has 1 aromatic rings. The zero-order chi connectivity index (χ0) is 17.5. The molecule has 130 valence electrons. The fourth-order valence-corrected chi connectivity index (χ4v) is 4.17. The highest BCUT2D eigenvalue weighted by Crippen LogP contribution is 2.33. The fourth-order valence-electron chi connectivity index (χ4n) is 2.73. The van der Waals surface area contributed by atoms with Gasteiger partial charge in [-0.2, -0.15) is 4.31 Å². The van der Waals surface area contributed by atoms with Crippen molar-refractivity contribution in [1.29, 1.82) is 0 Å². The van der Waals surface area contributed by atoms with E-state index in [0.717, 1.165) is 0 Å². The summed E-state index contributed by atoms with van der Waals surface area (Å²) in [6.07, 6.45) is -0.672. The summed E-state index contributed by atoms with van der Waals surface area (Å²) in [4.78, 5) is 24.7. The molecule has 1 atom stereocenters. The maximum atomic E-state index is 12.8. The standard InChI is InChI=1S/C15H19N3O5S/c1-10-15(20)16-13-4-3-12(9-14(13)23-10)24(21,22)18-7-5-17(6-8-18)11(2)19/h3-4,9-10H,5-8H2,1-2H3,(H,16,20)/t10-/m1/s1. The van der Waals surface area contributed by atoms with Crippen molar-refractivity contribution in [3.8, 4) is 5.75 Å². The SMILES string of the molecule is CC(=O)N1CCN(S(=O)(=O)c2ccc3c(c2)O[C@H](C)C(=O)N3)CC1. The molecule has 3 rings (SSSR count). The van der Waals surface area contributed by atoms with Crippen LogP contribution in [0.15, 0.2) is 23.1 Å². The van der Waals surface area contributed by atoms with Gasteiger partial charge in [-0.05, 0) is 19.1 Å². The van der Waals surface area contributed by atoms with Crippen LogP contribution in [0.4, 0.5) is 5.69 Å². The Morgan fingerprint density at radius 1 is 1.25 bits per heavy atom. The van der Waals surface area contributed by atoms with Crippen LogP contribution >= 0.6 is 0 Å². The van der Waals surface area contributed by atoms with Gasteiger partial charge in [0.25, 0.3) is 5.91 Å². The summed E-state index contributed by atoms with van der Waals surface area (Å²) in [5.41, 5.74) is 0.457. The van der Waals surface area contributed by atoms with Gasteiger partial charge in [-0.25, -0.2) is 8.42 Å². The predicted molar refractivity (Wildman–Crippen MR) is 86.2 cm³/mol. The molecule has 9 heteroatoms. The molecule has 1 N–H and O–H groups in total. The predicted octanol–water partition coefficient (Wildman–Crippen LogP) is 0.259. The average molecular weight is 353 g/mol. The van der Waals surface area contributed by atoms with Gasteiger partial charge in [0.15, 0.2) is 6.10 Å². The van der Waals surface area contributed by atoms with Crippen molar-refractivity contribution in [3.63, 3.8) is 0 Å². The molecule has 2 amide bonds. The van der Waals surface area contributed by atoms with Crippen LogP contribution in [0, 0.1) is 0 Å². The minimum atomic E-state index is -3.67. The number of nitrogens with zero attached hydrogens (tertiary/aromatic N) is 2. The van der Waals surface area contributed by atoms with Crippen LogP contribution in [0.3, 0.4) is 0 Å². The van der Waals surface area contributed by atoms with Gasteiger partial charge in [-0.15, -0.1) is 0 Å². The number of sulfonamides is 1. The third-order valence-electron chi connectivity index (χ3n) is 4.21. The normalized spacial score (nSPS) is 21.7. The fraction of sp³-hybridized carbons (Fsp3) is 0.467. The summed E-state index contributed by atoms with van der Waals surface area (Å²) < 4.78 is 32.4. The lowest BCUT2D eigenvalue weighted by molar-refractivity contribution is -0.130. The van der Waals surface area contributed by atoms with Gasteiger partial charge >= 0.3 is 0 Å². The maximum absolute atomic E-state index is 12.8. The third-order valence-corrected chi connectivity index (χ3v) is 6.10. The molecule has 0 spiro atoms. The summed E-state index contributed by atoms with van der Waals surface area (Å²) in [6, 6.07) is 4.40. The van der Waals surface area contributed by atoms with Crippen LogP contribution in [-0.2, 0) is 19.6 Å². The van der Waals surface area contributed by atoms with E-state index in [1.165, 1.54) is 29.4 Å². The molecule has 2 aliphatic rings. The van der Waals surface area contributed by atoms with Crippen LogP contribution in [0.1, 0.15) is 13.8 Å². The molecular formula is C15H19N3O5S. The number of ether oxygens (including phenoxy) is 1. The van der Waals surface area contributed by atoms with E-state index in [9.17, 15) is 18.0 Å². The first-order chi connectivity index (χ1) is 11.3. The summed E-state index contributed by atoms with van der Waals surface area (Å²) in [7, 11) is -3.67. The van der Waals surface area contributed by atoms with Gasteiger partial charge in [0.05, 0.1) is 10.6 Å². The molecule has 0 unspecified atom stereocenters. The minimum absolute atomic E-state index is 0.0565. The number of carbonyl (C=O) groups excluding carboxylic acids is 2. The Hall–Kier alpha value is -2.13. The summed E-state index contributed by atoms with van der Waals surface area (Å²) in [5, 5.41) is 2.67. The molecule has 0 bridgehead atoms. The second kappa shape index (κ2) is 6.06. The van der Waals surface area contributed by atoms with Gasteiger partial charge in [-0.3, -0.25) is 9.59 Å². The first-order valence-corrected chi connectivity index (χ1v) is 9.10. The highest BCUT2D eigenvalue weighted by atomic mass is 32.2. The second-order valence-corrected chi connectivity index (χ2v) is 7.76. The van der Waals surface area contributed by atoms with E-state index in [2.05, 4.69) is 5.32 Å². The van der Waals surface area contributed by atoms with Crippen LogP contribution in [-0.4, -0.2) is 61.7 Å². The molecule has 24 heavy (non-hydrogen) atoms. The van der Waals surface area contributed by atoms with E-state index in [4.69, 9.17) is 4.74 Å². The zero-order valence-corrected chi connectivity index (χ0v) is 14.3. The van der Waals surface area contributed by atoms with Crippen LogP contribution < -0.4 is 10.1 Å². The Bertz CT molecular complexity index is 784. The molecule has 0 aliphatic carbocycles. The van der Waals surface area contributed by atoms with Crippen LogP contribution in [0.25, 0.3) is 0 Å². The van der Waals surface area contributed by atoms with E-state index >= 15 is 0 Å². The Balaban J connectivity index is 1.82. The van der Waals surface area contributed by atoms with Crippen molar-refractivity contribution in [2.75, 3.05) is 31.5 Å². The second-order valence-electron chi connectivity index (χ2n) is 5.82. The number of amides is 2. The Labute approximate surface area is 140 Å². The molecule has 0 saturated carbocycles. The Kier molecular flexibility index (Phi) is 4.22. The van der Waals surface area contributed by atoms with E-state index in [-0.39, 0.29) is 29.8 Å². The molecular weight excluding hydrogens is 334 g/mol. The molecule has 8 nitrogen and oxygen atoms in total. The molecule has 1 saturated heterocycles. The van der Waals surface area contributed by atoms with Crippen molar-refractivity contribution < 1.29 is 22.7 Å².